The molecule has 4 rings (SSSR count). The summed E-state index contributed by atoms with van der Waals surface area (Å²) < 4.78 is 32.4. The first kappa shape index (κ1) is 17.4. The molecule has 0 aromatic carbocycles. The van der Waals surface area contributed by atoms with E-state index in [0.29, 0.717) is 6.54 Å². The highest BCUT2D eigenvalue weighted by atomic mass is 19.3. The Bertz CT molecular complexity index is 547. The third-order valence-corrected chi connectivity index (χ3v) is 5.86. The molecule has 1 unspecified atom stereocenters. The van der Waals surface area contributed by atoms with Gasteiger partial charge in [-0.05, 0) is 46.0 Å². The van der Waals surface area contributed by atoms with Gasteiger partial charge in [0.25, 0.3) is 0 Å². The number of aliphatic carboxylic acids is 1. The lowest BCUT2D eigenvalue weighted by molar-refractivity contribution is -0.170. The number of fused-ring (bicyclic) bond motifs is 1. The first-order valence-corrected chi connectivity index (χ1v) is 8.56. The molecule has 5 nitrogen and oxygen atoms in total. The van der Waals surface area contributed by atoms with Crippen molar-refractivity contribution in [2.75, 3.05) is 6.54 Å². The predicted octanol–water partition coefficient (Wildman–Crippen LogP) is 3.52. The number of alkyl halides is 2. The Kier molecular flexibility index (Phi) is 3.85. The minimum atomic E-state index is -2.77. The Morgan fingerprint density at radius 3 is 2.25 bits per heavy atom. The lowest BCUT2D eigenvalue weighted by atomic mass is 9.54. The van der Waals surface area contributed by atoms with Gasteiger partial charge in [0.1, 0.15) is 5.60 Å². The van der Waals surface area contributed by atoms with Crippen molar-refractivity contribution in [3.05, 3.63) is 0 Å². The van der Waals surface area contributed by atoms with Gasteiger partial charge in [-0.3, -0.25) is 4.79 Å². The number of halogens is 2. The largest absolute Gasteiger partial charge is 0.481 e. The van der Waals surface area contributed by atoms with E-state index in [1.165, 1.54) is 0 Å². The van der Waals surface area contributed by atoms with Gasteiger partial charge in [0.2, 0.25) is 5.92 Å². The van der Waals surface area contributed by atoms with Gasteiger partial charge in [-0.1, -0.05) is 0 Å². The summed E-state index contributed by atoms with van der Waals surface area (Å²) in [5.41, 5.74) is -1.75. The molecule has 7 heteroatoms. The topological polar surface area (TPSA) is 66.8 Å². The van der Waals surface area contributed by atoms with Crippen LogP contribution in [0.1, 0.15) is 52.9 Å². The second kappa shape index (κ2) is 5.30. The summed E-state index contributed by atoms with van der Waals surface area (Å²) in [7, 11) is 0. The van der Waals surface area contributed by atoms with E-state index < -0.39 is 29.0 Å². The van der Waals surface area contributed by atoms with E-state index in [9.17, 15) is 23.5 Å². The van der Waals surface area contributed by atoms with Crippen LogP contribution >= 0.6 is 0 Å². The van der Waals surface area contributed by atoms with Crippen molar-refractivity contribution in [3.63, 3.8) is 0 Å². The van der Waals surface area contributed by atoms with Crippen LogP contribution in [0.4, 0.5) is 13.6 Å². The summed E-state index contributed by atoms with van der Waals surface area (Å²) in [5.74, 6) is -3.93. The van der Waals surface area contributed by atoms with Crippen molar-refractivity contribution in [1.82, 2.24) is 4.90 Å². The van der Waals surface area contributed by atoms with Crippen LogP contribution in [0.3, 0.4) is 0 Å². The molecule has 3 atom stereocenters. The van der Waals surface area contributed by atoms with Crippen molar-refractivity contribution < 1.29 is 28.2 Å². The van der Waals surface area contributed by atoms with E-state index in [1.54, 1.807) is 25.7 Å². The lowest BCUT2D eigenvalue weighted by Gasteiger charge is -2.50. The fraction of sp³-hybridized carbons (Fsp3) is 0.882. The van der Waals surface area contributed by atoms with Gasteiger partial charge in [-0.2, -0.15) is 0 Å². The maximum Gasteiger partial charge on any atom is 0.410 e. The SMILES string of the molecule is CC(C)(C)OC(=O)N1C[C@@H]2C[C@H]1C2C1(C(=O)O)CCC(F)(F)CC1. The van der Waals surface area contributed by atoms with Crippen LogP contribution < -0.4 is 0 Å². The summed E-state index contributed by atoms with van der Waals surface area (Å²) >= 11 is 0. The van der Waals surface area contributed by atoms with Crippen molar-refractivity contribution in [1.29, 1.82) is 0 Å². The highest BCUT2D eigenvalue weighted by Gasteiger charge is 2.66. The van der Waals surface area contributed by atoms with Gasteiger partial charge >= 0.3 is 12.1 Å². The molecule has 4 aliphatic rings. The molecule has 2 bridgehead atoms. The molecule has 1 N–H and O–H groups in total. The zero-order valence-electron chi connectivity index (χ0n) is 14.3. The molecule has 24 heavy (non-hydrogen) atoms. The van der Waals surface area contributed by atoms with E-state index in [2.05, 4.69) is 0 Å². The van der Waals surface area contributed by atoms with Gasteiger partial charge < -0.3 is 14.7 Å². The smallest absolute Gasteiger partial charge is 0.410 e. The number of nitrogens with zero attached hydrogens (tertiary/aromatic N) is 1. The van der Waals surface area contributed by atoms with Crippen LogP contribution in [0.15, 0.2) is 0 Å². The molecule has 2 saturated heterocycles. The quantitative estimate of drug-likeness (QED) is 0.831. The number of carboxylic acid groups (broad SMARTS) is 1. The van der Waals surface area contributed by atoms with E-state index in [4.69, 9.17) is 4.74 Å². The number of carboxylic acids is 1. The summed E-state index contributed by atoms with van der Waals surface area (Å²) in [5, 5.41) is 9.79. The number of amides is 1. The van der Waals surface area contributed by atoms with Gasteiger partial charge in [0, 0.05) is 31.3 Å². The molecule has 2 aliphatic carbocycles. The van der Waals surface area contributed by atoms with Crippen molar-refractivity contribution in [3.8, 4) is 0 Å². The Hall–Kier alpha value is -1.40. The highest BCUT2D eigenvalue weighted by Crippen LogP contribution is 2.60. The van der Waals surface area contributed by atoms with Crippen LogP contribution in [-0.2, 0) is 9.53 Å². The molecule has 2 aliphatic heterocycles. The zero-order chi connectivity index (χ0) is 17.9. The van der Waals surface area contributed by atoms with Crippen LogP contribution in [0.2, 0.25) is 0 Å². The van der Waals surface area contributed by atoms with Crippen LogP contribution in [0.25, 0.3) is 0 Å². The third-order valence-electron chi connectivity index (χ3n) is 5.86. The van der Waals surface area contributed by atoms with Crippen LogP contribution in [0.5, 0.6) is 0 Å². The lowest BCUT2D eigenvalue weighted by Crippen LogP contribution is -2.56. The number of rotatable bonds is 2. The fourth-order valence-corrected chi connectivity index (χ4v) is 4.72. The van der Waals surface area contributed by atoms with Gasteiger partial charge in [-0.15, -0.1) is 0 Å². The molecule has 0 aromatic heterocycles. The van der Waals surface area contributed by atoms with Crippen LogP contribution in [-0.4, -0.2) is 46.2 Å². The van der Waals surface area contributed by atoms with Gasteiger partial charge in [0.05, 0.1) is 5.41 Å². The molecule has 136 valence electrons. The maximum absolute atomic E-state index is 13.5. The van der Waals surface area contributed by atoms with Crippen molar-refractivity contribution in [2.24, 2.45) is 17.3 Å². The molecule has 0 aromatic rings. The molecule has 0 radical (unpaired) electrons. The molecular formula is C17H25F2NO4. The molecule has 2 heterocycles. The fourth-order valence-electron chi connectivity index (χ4n) is 4.72. The molecule has 0 spiro atoms. The summed E-state index contributed by atoms with van der Waals surface area (Å²) in [6.07, 6.45) is -0.498. The average Bonchev–Trinajstić information content (AvgIpc) is 2.98. The minimum Gasteiger partial charge on any atom is -0.481 e. The second-order valence-corrected chi connectivity index (χ2v) is 8.54. The average molecular weight is 345 g/mol. The van der Waals surface area contributed by atoms with Gasteiger partial charge in [0.15, 0.2) is 0 Å². The molecule has 1 amide bonds. The number of hydrogen-bond donors (Lipinski definition) is 1. The number of ether oxygens (including phenoxy) is 1. The van der Waals surface area contributed by atoms with E-state index in [1.807, 2.05) is 0 Å². The second-order valence-electron chi connectivity index (χ2n) is 8.54. The minimum absolute atomic E-state index is 0.0187. The highest BCUT2D eigenvalue weighted by molar-refractivity contribution is 5.77. The van der Waals surface area contributed by atoms with E-state index in [0.717, 1.165) is 6.42 Å². The number of carbonyl (C=O) groups excluding carboxylic acids is 1. The summed E-state index contributed by atoms with van der Waals surface area (Å²) in [4.78, 5) is 25.9. The van der Waals surface area contributed by atoms with E-state index in [-0.39, 0.29) is 43.6 Å². The maximum atomic E-state index is 13.5. The van der Waals surface area contributed by atoms with E-state index >= 15 is 0 Å². The standard InChI is InChI=1S/C17H25F2NO4/c1-15(2,3)24-14(23)20-9-10-8-11(20)12(10)16(13(21)22)4-6-17(18,19)7-5-16/h10-12H,4-9H2,1-3H3,(H,21,22)/t10-,11-,12?/m0/s1. The normalized spacial score (nSPS) is 33.7. The number of carbonyl (C=O) groups is 2. The first-order chi connectivity index (χ1) is 11.0. The Morgan fingerprint density at radius 1 is 1.17 bits per heavy atom. The molecule has 4 fully saturated rings. The van der Waals surface area contributed by atoms with Gasteiger partial charge in [-0.25, -0.2) is 13.6 Å². The van der Waals surface area contributed by atoms with Crippen LogP contribution in [0, 0.1) is 17.3 Å². The Balaban J connectivity index is 1.76. The Morgan fingerprint density at radius 2 is 1.75 bits per heavy atom. The van der Waals surface area contributed by atoms with Crippen molar-refractivity contribution in [2.45, 2.75) is 70.4 Å². The number of hydrogen-bond acceptors (Lipinski definition) is 3. The Labute approximate surface area is 140 Å². The monoisotopic (exact) mass is 345 g/mol. The predicted molar refractivity (Wildman–Crippen MR) is 81.8 cm³/mol. The van der Waals surface area contributed by atoms with Crippen molar-refractivity contribution >= 4 is 12.1 Å². The third kappa shape index (κ3) is 2.75. The summed E-state index contributed by atoms with van der Waals surface area (Å²) in [6, 6.07) is -0.201. The zero-order valence-corrected chi connectivity index (χ0v) is 14.3. The summed E-state index contributed by atoms with van der Waals surface area (Å²) in [6.45, 7) is 5.82. The molecule has 2 saturated carbocycles. The molecular weight excluding hydrogens is 320 g/mol. The first-order valence-electron chi connectivity index (χ1n) is 8.56.